The van der Waals surface area contributed by atoms with Crippen molar-refractivity contribution in [3.63, 3.8) is 0 Å². The van der Waals surface area contributed by atoms with Crippen LogP contribution in [0, 0.1) is 0 Å². The van der Waals surface area contributed by atoms with E-state index in [4.69, 9.17) is 16.7 Å². The first-order valence-corrected chi connectivity index (χ1v) is 6.27. The zero-order chi connectivity index (χ0) is 13.5. The lowest BCUT2D eigenvalue weighted by Gasteiger charge is -2.19. The van der Waals surface area contributed by atoms with Crippen molar-refractivity contribution in [2.45, 2.75) is 12.3 Å². The number of benzene rings is 1. The van der Waals surface area contributed by atoms with Crippen molar-refractivity contribution in [3.05, 3.63) is 29.8 Å². The standard InChI is InChI=1S/C13H19ClN2O2/c1-10(18)15-12-5-3-4-11(8-12)13(14)9-16(2)6-7-17/h3-5,8,13,17H,6-7,9H2,1-2H3,(H,15,18). The van der Waals surface area contributed by atoms with Crippen molar-refractivity contribution in [1.29, 1.82) is 0 Å². The van der Waals surface area contributed by atoms with Gasteiger partial charge < -0.3 is 15.3 Å². The van der Waals surface area contributed by atoms with Gasteiger partial charge >= 0.3 is 0 Å². The number of amides is 1. The molecule has 5 heteroatoms. The Hall–Kier alpha value is -1.10. The van der Waals surface area contributed by atoms with E-state index < -0.39 is 0 Å². The molecule has 0 aliphatic carbocycles. The van der Waals surface area contributed by atoms with Gasteiger partial charge in [-0.25, -0.2) is 0 Å². The summed E-state index contributed by atoms with van der Waals surface area (Å²) >= 11 is 6.31. The molecule has 1 amide bonds. The third-order valence-corrected chi connectivity index (χ3v) is 2.91. The summed E-state index contributed by atoms with van der Waals surface area (Å²) in [6, 6.07) is 7.48. The summed E-state index contributed by atoms with van der Waals surface area (Å²) < 4.78 is 0. The highest BCUT2D eigenvalue weighted by Gasteiger charge is 2.11. The number of anilines is 1. The number of carbonyl (C=O) groups is 1. The van der Waals surface area contributed by atoms with E-state index in [1.165, 1.54) is 6.92 Å². The smallest absolute Gasteiger partial charge is 0.221 e. The molecule has 0 aromatic heterocycles. The molecule has 100 valence electrons. The van der Waals surface area contributed by atoms with Gasteiger partial charge in [0, 0.05) is 25.7 Å². The molecule has 18 heavy (non-hydrogen) atoms. The molecule has 0 spiro atoms. The molecule has 0 fully saturated rings. The number of hydrogen-bond donors (Lipinski definition) is 2. The van der Waals surface area contributed by atoms with Gasteiger partial charge in [-0.05, 0) is 24.7 Å². The second kappa shape index (κ2) is 7.36. The molecule has 2 N–H and O–H groups in total. The normalized spacial score (nSPS) is 12.5. The third kappa shape index (κ3) is 5.04. The van der Waals surface area contributed by atoms with Crippen molar-refractivity contribution in [1.82, 2.24) is 4.90 Å². The van der Waals surface area contributed by atoms with Crippen LogP contribution in [0.5, 0.6) is 0 Å². The van der Waals surface area contributed by atoms with E-state index in [1.807, 2.05) is 36.2 Å². The maximum atomic E-state index is 11.0. The second-order valence-electron chi connectivity index (χ2n) is 4.26. The van der Waals surface area contributed by atoms with Crippen molar-refractivity contribution < 1.29 is 9.90 Å². The molecule has 0 radical (unpaired) electrons. The fraction of sp³-hybridized carbons (Fsp3) is 0.462. The van der Waals surface area contributed by atoms with Crippen molar-refractivity contribution in [2.75, 3.05) is 32.1 Å². The average molecular weight is 271 g/mol. The highest BCUT2D eigenvalue weighted by atomic mass is 35.5. The van der Waals surface area contributed by atoms with Crippen molar-refractivity contribution >= 4 is 23.2 Å². The minimum Gasteiger partial charge on any atom is -0.395 e. The molecule has 0 aliphatic rings. The Balaban J connectivity index is 2.67. The van der Waals surface area contributed by atoms with E-state index in [0.717, 1.165) is 11.3 Å². The summed E-state index contributed by atoms with van der Waals surface area (Å²) in [4.78, 5) is 12.9. The molecule has 1 aromatic carbocycles. The van der Waals surface area contributed by atoms with Crippen LogP contribution in [0.2, 0.25) is 0 Å². The minimum atomic E-state index is -0.171. The topological polar surface area (TPSA) is 52.6 Å². The van der Waals surface area contributed by atoms with Crippen molar-refractivity contribution in [2.24, 2.45) is 0 Å². The number of aliphatic hydroxyl groups is 1. The van der Waals surface area contributed by atoms with Crippen LogP contribution in [-0.2, 0) is 4.79 Å². The quantitative estimate of drug-likeness (QED) is 0.776. The largest absolute Gasteiger partial charge is 0.395 e. The number of nitrogens with zero attached hydrogens (tertiary/aromatic N) is 1. The fourth-order valence-electron chi connectivity index (χ4n) is 1.66. The van der Waals surface area contributed by atoms with E-state index >= 15 is 0 Å². The number of nitrogens with one attached hydrogen (secondary N) is 1. The van der Waals surface area contributed by atoms with Crippen LogP contribution in [0.3, 0.4) is 0 Å². The predicted octanol–water partition coefficient (Wildman–Crippen LogP) is 1.85. The average Bonchev–Trinajstić information content (AvgIpc) is 2.28. The SMILES string of the molecule is CC(=O)Nc1cccc(C(Cl)CN(C)CCO)c1. The van der Waals surface area contributed by atoms with Crippen LogP contribution in [0.1, 0.15) is 17.9 Å². The molecule has 0 saturated heterocycles. The molecule has 1 rings (SSSR count). The van der Waals surface area contributed by atoms with Gasteiger partial charge in [0.25, 0.3) is 0 Å². The van der Waals surface area contributed by atoms with Crippen LogP contribution in [0.25, 0.3) is 0 Å². The number of rotatable bonds is 6. The maximum Gasteiger partial charge on any atom is 0.221 e. The Morgan fingerprint density at radius 2 is 2.28 bits per heavy atom. The molecule has 4 nitrogen and oxygen atoms in total. The molecule has 0 bridgehead atoms. The van der Waals surface area contributed by atoms with Gasteiger partial charge in [0.1, 0.15) is 0 Å². The molecule has 0 saturated carbocycles. The predicted molar refractivity (Wildman–Crippen MR) is 73.9 cm³/mol. The maximum absolute atomic E-state index is 11.0. The van der Waals surface area contributed by atoms with Crippen LogP contribution in [0.4, 0.5) is 5.69 Å². The monoisotopic (exact) mass is 270 g/mol. The van der Waals surface area contributed by atoms with Gasteiger partial charge in [-0.2, -0.15) is 0 Å². The number of alkyl halides is 1. The third-order valence-electron chi connectivity index (χ3n) is 2.52. The Morgan fingerprint density at radius 3 is 2.89 bits per heavy atom. The van der Waals surface area contributed by atoms with Crippen LogP contribution < -0.4 is 5.32 Å². The van der Waals surface area contributed by atoms with E-state index in [1.54, 1.807) is 0 Å². The molecular formula is C13H19ClN2O2. The number of halogens is 1. The van der Waals surface area contributed by atoms with Gasteiger partial charge in [0.05, 0.1) is 12.0 Å². The lowest BCUT2D eigenvalue weighted by molar-refractivity contribution is -0.114. The van der Waals surface area contributed by atoms with E-state index in [9.17, 15) is 4.79 Å². The first-order chi connectivity index (χ1) is 8.52. The molecular weight excluding hydrogens is 252 g/mol. The highest BCUT2D eigenvalue weighted by molar-refractivity contribution is 6.21. The highest BCUT2D eigenvalue weighted by Crippen LogP contribution is 2.23. The fourth-order valence-corrected chi connectivity index (χ4v) is 2.03. The van der Waals surface area contributed by atoms with Gasteiger partial charge in [-0.3, -0.25) is 4.79 Å². The number of aliphatic hydroxyl groups excluding tert-OH is 1. The van der Waals surface area contributed by atoms with Gasteiger partial charge in [-0.1, -0.05) is 12.1 Å². The minimum absolute atomic E-state index is 0.101. The Labute approximate surface area is 113 Å². The van der Waals surface area contributed by atoms with Gasteiger partial charge in [0.2, 0.25) is 5.91 Å². The Bertz CT molecular complexity index is 398. The van der Waals surface area contributed by atoms with Crippen LogP contribution in [-0.4, -0.2) is 42.7 Å². The molecule has 0 aliphatic heterocycles. The first-order valence-electron chi connectivity index (χ1n) is 5.84. The second-order valence-corrected chi connectivity index (χ2v) is 4.79. The summed E-state index contributed by atoms with van der Waals surface area (Å²) in [5.74, 6) is -0.101. The molecule has 1 aromatic rings. The van der Waals surface area contributed by atoms with E-state index in [0.29, 0.717) is 13.1 Å². The zero-order valence-corrected chi connectivity index (χ0v) is 11.4. The molecule has 1 atom stereocenters. The molecule has 1 unspecified atom stereocenters. The Morgan fingerprint density at radius 1 is 1.56 bits per heavy atom. The van der Waals surface area contributed by atoms with E-state index in [2.05, 4.69) is 5.32 Å². The molecule has 0 heterocycles. The summed E-state index contributed by atoms with van der Waals surface area (Å²) in [5.41, 5.74) is 1.70. The zero-order valence-electron chi connectivity index (χ0n) is 10.7. The van der Waals surface area contributed by atoms with Crippen LogP contribution in [0.15, 0.2) is 24.3 Å². The van der Waals surface area contributed by atoms with E-state index in [-0.39, 0.29) is 17.9 Å². The van der Waals surface area contributed by atoms with Gasteiger partial charge in [-0.15, -0.1) is 11.6 Å². The summed E-state index contributed by atoms with van der Waals surface area (Å²) in [7, 11) is 1.91. The van der Waals surface area contributed by atoms with Crippen molar-refractivity contribution in [3.8, 4) is 0 Å². The Kier molecular flexibility index (Phi) is 6.12. The lowest BCUT2D eigenvalue weighted by atomic mass is 10.1. The van der Waals surface area contributed by atoms with Crippen LogP contribution >= 0.6 is 11.6 Å². The first kappa shape index (κ1) is 15.0. The summed E-state index contributed by atoms with van der Waals surface area (Å²) in [5, 5.41) is 11.4. The number of hydrogen-bond acceptors (Lipinski definition) is 3. The summed E-state index contributed by atoms with van der Waals surface area (Å²) in [6.07, 6.45) is 0. The number of likely N-dealkylation sites (N-methyl/N-ethyl adjacent to an activating group) is 1. The number of carbonyl (C=O) groups excluding carboxylic acids is 1. The van der Waals surface area contributed by atoms with Gasteiger partial charge in [0.15, 0.2) is 0 Å². The lowest BCUT2D eigenvalue weighted by Crippen LogP contribution is -2.25. The summed E-state index contributed by atoms with van der Waals surface area (Å²) in [6.45, 7) is 2.83.